The number of Topliss-reactive ketones (excluding diaryl/α,β-unsaturated/α-hetero) is 1. The van der Waals surface area contributed by atoms with E-state index < -0.39 is 5.97 Å². The van der Waals surface area contributed by atoms with Gasteiger partial charge in [-0.05, 0) is 72.5 Å². The highest BCUT2D eigenvalue weighted by atomic mass is 35.5. The van der Waals surface area contributed by atoms with E-state index >= 15 is 0 Å². The number of carbonyl (C=O) groups excluding carboxylic acids is 2. The number of ketones is 1. The molecule has 6 heteroatoms. The lowest BCUT2D eigenvalue weighted by atomic mass is 10.0. The van der Waals surface area contributed by atoms with E-state index in [9.17, 15) is 9.59 Å². The summed E-state index contributed by atoms with van der Waals surface area (Å²) >= 11 is 5.88. The molecule has 1 aliphatic carbocycles. The molecule has 5 nitrogen and oxygen atoms in total. The van der Waals surface area contributed by atoms with Crippen molar-refractivity contribution in [1.29, 1.82) is 0 Å². The van der Waals surface area contributed by atoms with E-state index in [1.165, 1.54) is 0 Å². The fraction of sp³-hybridized carbons (Fsp3) is 0.115. The molecule has 0 unspecified atom stereocenters. The number of para-hydroxylation sites is 1. The first-order valence-corrected chi connectivity index (χ1v) is 10.6. The van der Waals surface area contributed by atoms with E-state index in [2.05, 4.69) is 0 Å². The van der Waals surface area contributed by atoms with Gasteiger partial charge >= 0.3 is 5.97 Å². The number of carbonyl (C=O) groups is 2. The van der Waals surface area contributed by atoms with E-state index in [4.69, 9.17) is 25.7 Å². The molecule has 0 fully saturated rings. The van der Waals surface area contributed by atoms with Crippen LogP contribution in [0.15, 0.2) is 71.3 Å². The Bertz CT molecular complexity index is 1350. The molecule has 5 rings (SSSR count). The first-order chi connectivity index (χ1) is 15.6. The predicted molar refractivity (Wildman–Crippen MR) is 123 cm³/mol. The number of hydrogen-bond donors (Lipinski definition) is 0. The maximum absolute atomic E-state index is 13.2. The van der Waals surface area contributed by atoms with Gasteiger partial charge in [-0.3, -0.25) is 4.79 Å². The van der Waals surface area contributed by atoms with Gasteiger partial charge in [0, 0.05) is 16.0 Å². The Hall–Kier alpha value is -3.70. The number of rotatable bonds is 5. The third-order valence-corrected chi connectivity index (χ3v) is 5.76. The molecule has 0 amide bonds. The minimum Gasteiger partial charge on any atom is -0.465 e. The molecule has 0 N–H and O–H groups in total. The molecule has 0 bridgehead atoms. The number of benzene rings is 2. The summed E-state index contributed by atoms with van der Waals surface area (Å²) in [4.78, 5) is 30.5. The molecule has 0 aliphatic heterocycles. The van der Waals surface area contributed by atoms with E-state index in [1.54, 1.807) is 30.5 Å². The van der Waals surface area contributed by atoms with Crippen LogP contribution in [0.3, 0.4) is 0 Å². The van der Waals surface area contributed by atoms with Gasteiger partial charge in [-0.1, -0.05) is 29.8 Å². The summed E-state index contributed by atoms with van der Waals surface area (Å²) in [7, 11) is 0. The van der Waals surface area contributed by atoms with Crippen LogP contribution in [0.4, 0.5) is 0 Å². The van der Waals surface area contributed by atoms with Crippen molar-refractivity contribution in [2.75, 3.05) is 6.61 Å². The minimum absolute atomic E-state index is 0.288. The van der Waals surface area contributed by atoms with Gasteiger partial charge in [-0.2, -0.15) is 0 Å². The number of halogens is 1. The molecule has 2 heterocycles. The van der Waals surface area contributed by atoms with Crippen LogP contribution in [0.25, 0.3) is 22.6 Å². The summed E-state index contributed by atoms with van der Waals surface area (Å²) in [6.07, 6.45) is 4.97. The Kier molecular flexibility index (Phi) is 5.33. The smallest absolute Gasteiger partial charge is 0.339 e. The SMILES string of the molecule is O=C(COC(=O)c1c2c(nc3ccccc13)C(=Cc1ccco1)CC2)c1ccc(Cl)cc1. The van der Waals surface area contributed by atoms with Crippen molar-refractivity contribution in [2.45, 2.75) is 12.8 Å². The Labute approximate surface area is 189 Å². The van der Waals surface area contributed by atoms with Gasteiger partial charge in [-0.25, -0.2) is 9.78 Å². The van der Waals surface area contributed by atoms with Crippen molar-refractivity contribution in [3.63, 3.8) is 0 Å². The molecular formula is C26H18ClNO4. The van der Waals surface area contributed by atoms with Crippen molar-refractivity contribution in [2.24, 2.45) is 0 Å². The van der Waals surface area contributed by atoms with Crippen LogP contribution < -0.4 is 0 Å². The highest BCUT2D eigenvalue weighted by molar-refractivity contribution is 6.30. The van der Waals surface area contributed by atoms with Crippen molar-refractivity contribution >= 4 is 45.9 Å². The molecule has 32 heavy (non-hydrogen) atoms. The average molecular weight is 444 g/mol. The monoisotopic (exact) mass is 443 g/mol. The number of fused-ring (bicyclic) bond motifs is 2. The second-order valence-electron chi connectivity index (χ2n) is 7.52. The normalized spacial score (nSPS) is 14.0. The topological polar surface area (TPSA) is 69.4 Å². The maximum atomic E-state index is 13.2. The third-order valence-electron chi connectivity index (χ3n) is 5.51. The number of allylic oxidation sites excluding steroid dienone is 1. The van der Waals surface area contributed by atoms with Crippen LogP contribution in [0.5, 0.6) is 0 Å². The summed E-state index contributed by atoms with van der Waals surface area (Å²) in [6, 6.07) is 17.7. The molecule has 158 valence electrons. The second kappa shape index (κ2) is 8.44. The molecule has 0 radical (unpaired) electrons. The quantitative estimate of drug-likeness (QED) is 0.279. The molecular weight excluding hydrogens is 426 g/mol. The number of furan rings is 1. The summed E-state index contributed by atoms with van der Waals surface area (Å²) in [5, 5.41) is 1.25. The lowest BCUT2D eigenvalue weighted by Gasteiger charge is -2.12. The van der Waals surface area contributed by atoms with Gasteiger partial charge in [-0.15, -0.1) is 0 Å². The maximum Gasteiger partial charge on any atom is 0.339 e. The van der Waals surface area contributed by atoms with E-state index in [1.807, 2.05) is 42.5 Å². The fourth-order valence-electron chi connectivity index (χ4n) is 3.98. The molecule has 2 aromatic heterocycles. The van der Waals surface area contributed by atoms with Crippen LogP contribution >= 0.6 is 11.6 Å². The van der Waals surface area contributed by atoms with Gasteiger partial charge in [0.15, 0.2) is 12.4 Å². The van der Waals surface area contributed by atoms with Crippen molar-refractivity contribution < 1.29 is 18.7 Å². The summed E-state index contributed by atoms with van der Waals surface area (Å²) in [6.45, 7) is -0.346. The first kappa shape index (κ1) is 20.2. The van der Waals surface area contributed by atoms with Crippen molar-refractivity contribution in [3.8, 4) is 0 Å². The number of esters is 1. The number of aromatic nitrogens is 1. The van der Waals surface area contributed by atoms with Gasteiger partial charge in [0.05, 0.1) is 23.0 Å². The van der Waals surface area contributed by atoms with Gasteiger partial charge in [0.1, 0.15) is 5.76 Å². The summed E-state index contributed by atoms with van der Waals surface area (Å²) < 4.78 is 10.9. The number of ether oxygens (including phenoxy) is 1. The molecule has 4 aromatic rings. The zero-order valence-electron chi connectivity index (χ0n) is 17.0. The summed E-state index contributed by atoms with van der Waals surface area (Å²) in [5.41, 5.74) is 4.23. The summed E-state index contributed by atoms with van der Waals surface area (Å²) in [5.74, 6) is -0.0784. The van der Waals surface area contributed by atoms with Crippen LogP contribution in [-0.2, 0) is 11.2 Å². The van der Waals surface area contributed by atoms with Gasteiger partial charge < -0.3 is 9.15 Å². The lowest BCUT2D eigenvalue weighted by molar-refractivity contribution is 0.0475. The van der Waals surface area contributed by atoms with E-state index in [0.717, 1.165) is 34.4 Å². The van der Waals surface area contributed by atoms with E-state index in [-0.39, 0.29) is 12.4 Å². The third kappa shape index (κ3) is 3.83. The highest BCUT2D eigenvalue weighted by Gasteiger charge is 2.28. The Morgan fingerprint density at radius 3 is 2.62 bits per heavy atom. The van der Waals surface area contributed by atoms with Crippen molar-refractivity contribution in [1.82, 2.24) is 4.98 Å². The molecule has 0 saturated heterocycles. The molecule has 0 spiro atoms. The van der Waals surface area contributed by atoms with Gasteiger partial charge in [0.2, 0.25) is 0 Å². The predicted octanol–water partition coefficient (Wildman–Crippen LogP) is 6.01. The zero-order chi connectivity index (χ0) is 22.1. The second-order valence-corrected chi connectivity index (χ2v) is 7.96. The fourth-order valence-corrected chi connectivity index (χ4v) is 4.11. The van der Waals surface area contributed by atoms with Crippen LogP contribution in [0.1, 0.15) is 44.2 Å². The minimum atomic E-state index is -0.526. The Morgan fingerprint density at radius 1 is 1.03 bits per heavy atom. The van der Waals surface area contributed by atoms with Crippen LogP contribution in [0, 0.1) is 0 Å². The van der Waals surface area contributed by atoms with Crippen molar-refractivity contribution in [3.05, 3.63) is 100 Å². The van der Waals surface area contributed by atoms with Crippen LogP contribution in [0.2, 0.25) is 5.02 Å². The van der Waals surface area contributed by atoms with Crippen LogP contribution in [-0.4, -0.2) is 23.3 Å². The first-order valence-electron chi connectivity index (χ1n) is 10.2. The zero-order valence-corrected chi connectivity index (χ0v) is 17.8. The Morgan fingerprint density at radius 2 is 1.84 bits per heavy atom. The number of hydrogen-bond acceptors (Lipinski definition) is 5. The standard InChI is InChI=1S/C26H18ClNO4/c27-18-10-7-16(8-11-18)23(29)15-32-26(30)24-20-5-1-2-6-22(20)28-25-17(9-12-21(24)25)14-19-4-3-13-31-19/h1-8,10-11,13-14H,9,12,15H2. The molecule has 1 aliphatic rings. The largest absolute Gasteiger partial charge is 0.465 e. The number of pyridine rings is 1. The average Bonchev–Trinajstić information content (AvgIpc) is 3.46. The molecule has 0 saturated carbocycles. The van der Waals surface area contributed by atoms with Gasteiger partial charge in [0.25, 0.3) is 0 Å². The Balaban J connectivity index is 1.49. The highest BCUT2D eigenvalue weighted by Crippen LogP contribution is 2.37. The lowest BCUT2D eigenvalue weighted by Crippen LogP contribution is -2.16. The molecule has 0 atom stereocenters. The molecule has 2 aromatic carbocycles. The number of nitrogens with zero attached hydrogens (tertiary/aromatic N) is 1. The van der Waals surface area contributed by atoms with E-state index in [0.29, 0.717) is 28.1 Å².